The van der Waals surface area contributed by atoms with E-state index in [0.29, 0.717) is 11.6 Å². The van der Waals surface area contributed by atoms with Gasteiger partial charge < -0.3 is 5.32 Å². The van der Waals surface area contributed by atoms with Crippen LogP contribution >= 0.6 is 0 Å². The monoisotopic (exact) mass is 204 g/mol. The number of nitrogens with zero attached hydrogens (tertiary/aromatic N) is 1. The molecule has 1 N–H and O–H groups in total. The number of allylic oxidation sites excluding steroid dienone is 1. The van der Waals surface area contributed by atoms with Gasteiger partial charge >= 0.3 is 0 Å². The molecule has 0 amide bonds. The van der Waals surface area contributed by atoms with Crippen LogP contribution in [0.4, 0.5) is 0 Å². The highest BCUT2D eigenvalue weighted by Gasteiger charge is 2.00. The van der Waals surface area contributed by atoms with Crippen molar-refractivity contribution in [3.8, 4) is 0 Å². The number of carbonyl (C=O) groups is 1. The minimum atomic E-state index is -0.0770. The molecule has 0 bridgehead atoms. The zero-order chi connectivity index (χ0) is 11.1. The zero-order valence-corrected chi connectivity index (χ0v) is 9.10. The first kappa shape index (κ1) is 11.4. The number of carbonyl (C=O) groups excluding carboxylic acids is 1. The molecule has 3 heteroatoms. The maximum Gasteiger partial charge on any atom is 0.205 e. The number of hydrogen-bond donors (Lipinski definition) is 1. The fraction of sp³-hybridized carbons (Fsp3) is 0.333. The highest BCUT2D eigenvalue weighted by atomic mass is 16.1. The van der Waals surface area contributed by atoms with E-state index in [1.54, 1.807) is 30.6 Å². The predicted molar refractivity (Wildman–Crippen MR) is 60.5 cm³/mol. The fourth-order valence-corrected chi connectivity index (χ4v) is 1.03. The summed E-state index contributed by atoms with van der Waals surface area (Å²) in [4.78, 5) is 15.5. The average molecular weight is 204 g/mol. The summed E-state index contributed by atoms with van der Waals surface area (Å²) in [7, 11) is 0. The molecule has 1 rings (SSSR count). The van der Waals surface area contributed by atoms with Crippen LogP contribution in [0.2, 0.25) is 0 Å². The van der Waals surface area contributed by atoms with Crippen molar-refractivity contribution in [1.29, 1.82) is 0 Å². The van der Waals surface area contributed by atoms with Crippen LogP contribution in [0.15, 0.2) is 36.7 Å². The molecule has 0 unspecified atom stereocenters. The minimum absolute atomic E-state index is 0.0770. The molecule has 0 saturated carbocycles. The summed E-state index contributed by atoms with van der Waals surface area (Å²) in [5.41, 5.74) is 0.472. The Labute approximate surface area is 90.2 Å². The average Bonchev–Trinajstić information content (AvgIpc) is 2.25. The SMILES string of the molecule is CC(C)CN/C=C/C(=O)c1ccccn1. The molecule has 0 aromatic carbocycles. The van der Waals surface area contributed by atoms with E-state index in [9.17, 15) is 4.79 Å². The smallest absolute Gasteiger partial charge is 0.205 e. The Morgan fingerprint density at radius 2 is 2.33 bits per heavy atom. The van der Waals surface area contributed by atoms with Gasteiger partial charge in [0.1, 0.15) is 5.69 Å². The quantitative estimate of drug-likeness (QED) is 0.589. The van der Waals surface area contributed by atoms with Crippen LogP contribution in [0.5, 0.6) is 0 Å². The second kappa shape index (κ2) is 5.96. The Morgan fingerprint density at radius 1 is 1.53 bits per heavy atom. The van der Waals surface area contributed by atoms with Crippen molar-refractivity contribution in [2.75, 3.05) is 6.54 Å². The van der Waals surface area contributed by atoms with E-state index in [2.05, 4.69) is 24.1 Å². The molecule has 0 aliphatic rings. The molecule has 0 radical (unpaired) electrons. The van der Waals surface area contributed by atoms with Gasteiger partial charge in [-0.2, -0.15) is 0 Å². The van der Waals surface area contributed by atoms with Crippen LogP contribution in [0.3, 0.4) is 0 Å². The van der Waals surface area contributed by atoms with Crippen LogP contribution in [-0.4, -0.2) is 17.3 Å². The van der Waals surface area contributed by atoms with Crippen LogP contribution < -0.4 is 5.32 Å². The number of nitrogens with one attached hydrogen (secondary N) is 1. The second-order valence-electron chi connectivity index (χ2n) is 3.71. The molecular formula is C12H16N2O. The molecule has 1 heterocycles. The number of ketones is 1. The van der Waals surface area contributed by atoms with Gasteiger partial charge in [-0.15, -0.1) is 0 Å². The predicted octanol–water partition coefficient (Wildman–Crippen LogP) is 2.02. The van der Waals surface area contributed by atoms with Crippen molar-refractivity contribution >= 4 is 5.78 Å². The highest BCUT2D eigenvalue weighted by Crippen LogP contribution is 1.95. The number of aromatic nitrogens is 1. The maximum atomic E-state index is 11.5. The van der Waals surface area contributed by atoms with Gasteiger partial charge in [0.15, 0.2) is 0 Å². The van der Waals surface area contributed by atoms with Crippen LogP contribution in [0.1, 0.15) is 24.3 Å². The molecule has 80 valence electrons. The lowest BCUT2D eigenvalue weighted by atomic mass is 10.2. The van der Waals surface area contributed by atoms with E-state index in [0.717, 1.165) is 6.54 Å². The number of rotatable bonds is 5. The number of hydrogen-bond acceptors (Lipinski definition) is 3. The molecule has 0 aliphatic heterocycles. The van der Waals surface area contributed by atoms with E-state index in [1.807, 2.05) is 0 Å². The Balaban J connectivity index is 2.43. The summed E-state index contributed by atoms with van der Waals surface area (Å²) in [5.74, 6) is 0.492. The number of pyridine rings is 1. The Morgan fingerprint density at radius 3 is 2.93 bits per heavy atom. The molecule has 0 atom stereocenters. The van der Waals surface area contributed by atoms with E-state index < -0.39 is 0 Å². The third-order valence-corrected chi connectivity index (χ3v) is 1.80. The van der Waals surface area contributed by atoms with Crippen molar-refractivity contribution in [1.82, 2.24) is 10.3 Å². The summed E-state index contributed by atoms with van der Waals surface area (Å²) in [5, 5.41) is 3.06. The molecule has 1 aromatic rings. The summed E-state index contributed by atoms with van der Waals surface area (Å²) in [6, 6.07) is 5.29. The Kier molecular flexibility index (Phi) is 4.54. The standard InChI is InChI=1S/C12H16N2O/c1-10(2)9-13-8-6-12(15)11-5-3-4-7-14-11/h3-8,10,13H,9H2,1-2H3/b8-6+. The first-order valence-corrected chi connectivity index (χ1v) is 5.05. The largest absolute Gasteiger partial charge is 0.391 e. The lowest BCUT2D eigenvalue weighted by Crippen LogP contribution is -2.13. The minimum Gasteiger partial charge on any atom is -0.391 e. The van der Waals surface area contributed by atoms with Crippen molar-refractivity contribution in [3.63, 3.8) is 0 Å². The van der Waals surface area contributed by atoms with Gasteiger partial charge in [0.25, 0.3) is 0 Å². The van der Waals surface area contributed by atoms with E-state index in [1.165, 1.54) is 6.08 Å². The van der Waals surface area contributed by atoms with Gasteiger partial charge in [-0.25, -0.2) is 0 Å². The third-order valence-electron chi connectivity index (χ3n) is 1.80. The first-order chi connectivity index (χ1) is 7.20. The van der Waals surface area contributed by atoms with Gasteiger partial charge in [0.2, 0.25) is 5.78 Å². The molecule has 0 spiro atoms. The lowest BCUT2D eigenvalue weighted by Gasteiger charge is -2.02. The summed E-state index contributed by atoms with van der Waals surface area (Å²) in [6.07, 6.45) is 4.80. The van der Waals surface area contributed by atoms with E-state index in [-0.39, 0.29) is 5.78 Å². The van der Waals surface area contributed by atoms with Crippen LogP contribution in [-0.2, 0) is 0 Å². The molecule has 15 heavy (non-hydrogen) atoms. The zero-order valence-electron chi connectivity index (χ0n) is 9.10. The molecule has 3 nitrogen and oxygen atoms in total. The molecule has 0 saturated heterocycles. The summed E-state index contributed by atoms with van der Waals surface area (Å²) >= 11 is 0. The topological polar surface area (TPSA) is 42.0 Å². The summed E-state index contributed by atoms with van der Waals surface area (Å²) in [6.45, 7) is 5.09. The Hall–Kier alpha value is -1.64. The summed E-state index contributed by atoms with van der Waals surface area (Å²) < 4.78 is 0. The molecule has 0 aliphatic carbocycles. The fourth-order valence-electron chi connectivity index (χ4n) is 1.03. The van der Waals surface area contributed by atoms with Crippen LogP contribution in [0, 0.1) is 5.92 Å². The van der Waals surface area contributed by atoms with Gasteiger partial charge in [-0.05, 0) is 18.1 Å². The maximum absolute atomic E-state index is 11.5. The van der Waals surface area contributed by atoms with Crippen molar-refractivity contribution in [3.05, 3.63) is 42.4 Å². The normalized spacial score (nSPS) is 10.9. The van der Waals surface area contributed by atoms with Crippen molar-refractivity contribution in [2.24, 2.45) is 5.92 Å². The Bertz CT molecular complexity index is 331. The van der Waals surface area contributed by atoms with Crippen molar-refractivity contribution < 1.29 is 4.79 Å². The molecular weight excluding hydrogens is 188 g/mol. The van der Waals surface area contributed by atoms with E-state index >= 15 is 0 Å². The highest BCUT2D eigenvalue weighted by molar-refractivity contribution is 6.02. The van der Waals surface area contributed by atoms with Gasteiger partial charge in [-0.1, -0.05) is 19.9 Å². The third kappa shape index (κ3) is 4.40. The van der Waals surface area contributed by atoms with E-state index in [4.69, 9.17) is 0 Å². The van der Waals surface area contributed by atoms with Gasteiger partial charge in [-0.3, -0.25) is 9.78 Å². The second-order valence-corrected chi connectivity index (χ2v) is 3.71. The van der Waals surface area contributed by atoms with Gasteiger partial charge in [0.05, 0.1) is 0 Å². The molecule has 1 aromatic heterocycles. The van der Waals surface area contributed by atoms with Crippen LogP contribution in [0.25, 0.3) is 0 Å². The van der Waals surface area contributed by atoms with Gasteiger partial charge in [0, 0.05) is 25.0 Å². The molecule has 0 fully saturated rings. The first-order valence-electron chi connectivity index (χ1n) is 5.05. The lowest BCUT2D eigenvalue weighted by molar-refractivity contribution is 0.104. The van der Waals surface area contributed by atoms with Crippen molar-refractivity contribution in [2.45, 2.75) is 13.8 Å².